The lowest BCUT2D eigenvalue weighted by Gasteiger charge is -2.39. The number of rotatable bonds is 6. The first-order valence-corrected chi connectivity index (χ1v) is 10.8. The third-order valence-corrected chi connectivity index (χ3v) is 5.32. The molecule has 3 heterocycles. The molecule has 1 saturated heterocycles. The van der Waals surface area contributed by atoms with E-state index in [1.54, 1.807) is 44.9 Å². The predicted molar refractivity (Wildman–Crippen MR) is 115 cm³/mol. The van der Waals surface area contributed by atoms with Gasteiger partial charge in [-0.1, -0.05) is 12.1 Å². The summed E-state index contributed by atoms with van der Waals surface area (Å²) in [5.74, 6) is -3.92. The molecule has 0 radical (unpaired) electrons. The number of alkyl halides is 2. The predicted octanol–water partition coefficient (Wildman–Crippen LogP) is 3.13. The zero-order chi connectivity index (χ0) is 23.7. The van der Waals surface area contributed by atoms with Crippen LogP contribution in [0.25, 0.3) is 11.4 Å². The Balaban J connectivity index is 1.86. The Hall–Kier alpha value is -2.62. The lowest BCUT2D eigenvalue weighted by molar-refractivity contribution is -0.156. The number of carbonyl (C=O) groups excluding carboxylic acids is 1. The number of hydrogen-bond donors (Lipinski definition) is 1. The molecule has 0 amide bonds. The summed E-state index contributed by atoms with van der Waals surface area (Å²) < 4.78 is 36.0. The van der Waals surface area contributed by atoms with Crippen LogP contribution >= 0.6 is 0 Å². The number of aryl methyl sites for hydroxylation is 2. The van der Waals surface area contributed by atoms with Crippen molar-refractivity contribution < 1.29 is 23.4 Å². The number of hydrogen-bond acceptors (Lipinski definition) is 7. The molecule has 1 aliphatic heterocycles. The average molecular weight is 452 g/mol. The van der Waals surface area contributed by atoms with E-state index in [1.165, 1.54) is 4.68 Å². The number of esters is 1. The van der Waals surface area contributed by atoms with E-state index < -0.39 is 30.0 Å². The quantitative estimate of drug-likeness (QED) is 0.675. The molecule has 1 fully saturated rings. The summed E-state index contributed by atoms with van der Waals surface area (Å²) in [6.07, 6.45) is 0.113. The number of aliphatic hydroxyl groups excluding tert-OH is 1. The lowest BCUT2D eigenvalue weighted by atomic mass is 9.91. The summed E-state index contributed by atoms with van der Waals surface area (Å²) in [4.78, 5) is 18.5. The van der Waals surface area contributed by atoms with Gasteiger partial charge in [-0.15, -0.1) is 5.10 Å². The van der Waals surface area contributed by atoms with E-state index in [-0.39, 0.29) is 19.4 Å². The van der Waals surface area contributed by atoms with Crippen molar-refractivity contribution in [1.29, 1.82) is 0 Å². The number of anilines is 1. The van der Waals surface area contributed by atoms with Crippen molar-refractivity contribution in [1.82, 2.24) is 20.0 Å². The summed E-state index contributed by atoms with van der Waals surface area (Å²) >= 11 is 0. The van der Waals surface area contributed by atoms with Crippen molar-refractivity contribution in [3.05, 3.63) is 23.5 Å². The molecule has 8 nitrogen and oxygen atoms in total. The van der Waals surface area contributed by atoms with Gasteiger partial charge in [0, 0.05) is 20.0 Å². The highest BCUT2D eigenvalue weighted by molar-refractivity contribution is 5.70. The number of aromatic nitrogens is 4. The zero-order valence-electron chi connectivity index (χ0n) is 19.2. The molecular weight excluding hydrogens is 420 g/mol. The standard InChI is InChI=1S/C22H31F2N5O3/c1-6-15-17(8-7-16(25-15)20-18(12-30)28(5)27-26-20)29-11-14(10-22(23,24)13-29)9-19(31)32-21(2,3)4/h7-8,14,30H,6,9-13H2,1-5H3. The van der Waals surface area contributed by atoms with Gasteiger partial charge in [0.15, 0.2) is 0 Å². The average Bonchev–Trinajstić information content (AvgIpc) is 3.05. The van der Waals surface area contributed by atoms with Gasteiger partial charge in [0.05, 0.1) is 42.3 Å². The SMILES string of the molecule is CCc1nc(-c2nnn(C)c2CO)ccc1N1CC(CC(=O)OC(C)(C)C)CC(F)(F)C1. The van der Waals surface area contributed by atoms with E-state index in [1.807, 2.05) is 6.92 Å². The van der Waals surface area contributed by atoms with Crippen LogP contribution in [0.3, 0.4) is 0 Å². The Morgan fingerprint density at radius 3 is 2.69 bits per heavy atom. The highest BCUT2D eigenvalue weighted by Gasteiger charge is 2.42. The topological polar surface area (TPSA) is 93.4 Å². The van der Waals surface area contributed by atoms with Gasteiger partial charge in [0.25, 0.3) is 5.92 Å². The lowest BCUT2D eigenvalue weighted by Crippen LogP contribution is -2.48. The molecule has 2 aromatic rings. The Labute approximate surface area is 186 Å². The third kappa shape index (κ3) is 5.59. The molecule has 10 heteroatoms. The van der Waals surface area contributed by atoms with Gasteiger partial charge in [0.1, 0.15) is 11.3 Å². The van der Waals surface area contributed by atoms with Crippen LogP contribution in [0.4, 0.5) is 14.5 Å². The van der Waals surface area contributed by atoms with E-state index >= 15 is 0 Å². The summed E-state index contributed by atoms with van der Waals surface area (Å²) in [5.41, 5.74) is 2.11. The van der Waals surface area contributed by atoms with Crippen LogP contribution in [-0.4, -0.2) is 55.7 Å². The maximum Gasteiger partial charge on any atom is 0.306 e. The van der Waals surface area contributed by atoms with E-state index in [4.69, 9.17) is 4.74 Å². The van der Waals surface area contributed by atoms with E-state index in [2.05, 4.69) is 15.3 Å². The highest BCUT2D eigenvalue weighted by Crippen LogP contribution is 2.36. The van der Waals surface area contributed by atoms with Crippen LogP contribution in [0, 0.1) is 5.92 Å². The van der Waals surface area contributed by atoms with Crippen LogP contribution < -0.4 is 4.90 Å². The maximum atomic E-state index is 14.6. The Kier molecular flexibility index (Phi) is 6.83. The monoisotopic (exact) mass is 451 g/mol. The van der Waals surface area contributed by atoms with Gasteiger partial charge >= 0.3 is 5.97 Å². The molecular formula is C22H31F2N5O3. The largest absolute Gasteiger partial charge is 0.460 e. The van der Waals surface area contributed by atoms with Crippen molar-refractivity contribution in [3.8, 4) is 11.4 Å². The minimum Gasteiger partial charge on any atom is -0.460 e. The maximum absolute atomic E-state index is 14.6. The van der Waals surface area contributed by atoms with Gasteiger partial charge in [-0.3, -0.25) is 4.79 Å². The second kappa shape index (κ2) is 9.09. The summed E-state index contributed by atoms with van der Waals surface area (Å²) in [6, 6.07) is 3.45. The molecule has 0 bridgehead atoms. The van der Waals surface area contributed by atoms with Crippen LogP contribution in [0.15, 0.2) is 12.1 Å². The molecule has 1 unspecified atom stereocenters. The minimum atomic E-state index is -2.93. The van der Waals surface area contributed by atoms with Gasteiger partial charge in [-0.05, 0) is 45.2 Å². The summed E-state index contributed by atoms with van der Waals surface area (Å²) in [5, 5.41) is 17.6. The minimum absolute atomic E-state index is 0.0597. The van der Waals surface area contributed by atoms with Gasteiger partial charge in [-0.2, -0.15) is 0 Å². The molecule has 0 saturated carbocycles. The summed E-state index contributed by atoms with van der Waals surface area (Å²) in [6.45, 7) is 6.81. The number of aliphatic hydroxyl groups is 1. The van der Waals surface area contributed by atoms with E-state index in [0.29, 0.717) is 41.4 Å². The van der Waals surface area contributed by atoms with E-state index in [0.717, 1.165) is 0 Å². The molecule has 1 N–H and O–H groups in total. The fourth-order valence-corrected chi connectivity index (χ4v) is 4.07. The van der Waals surface area contributed by atoms with Crippen LogP contribution in [0.2, 0.25) is 0 Å². The second-order valence-electron chi connectivity index (χ2n) is 9.28. The van der Waals surface area contributed by atoms with Crippen molar-refractivity contribution in [2.75, 3.05) is 18.0 Å². The molecule has 3 rings (SSSR count). The highest BCUT2D eigenvalue weighted by atomic mass is 19.3. The Morgan fingerprint density at radius 2 is 2.06 bits per heavy atom. The van der Waals surface area contributed by atoms with Crippen molar-refractivity contribution in [2.24, 2.45) is 13.0 Å². The Morgan fingerprint density at radius 1 is 1.34 bits per heavy atom. The number of nitrogens with zero attached hydrogens (tertiary/aromatic N) is 5. The molecule has 1 atom stereocenters. The Bertz CT molecular complexity index is 971. The van der Waals surface area contributed by atoms with Crippen LogP contribution in [-0.2, 0) is 29.6 Å². The molecule has 1 aliphatic rings. The van der Waals surface area contributed by atoms with Crippen molar-refractivity contribution >= 4 is 11.7 Å². The number of carbonyl (C=O) groups is 1. The van der Waals surface area contributed by atoms with E-state index in [9.17, 15) is 18.7 Å². The molecule has 176 valence electrons. The summed E-state index contributed by atoms with van der Waals surface area (Å²) in [7, 11) is 1.68. The number of ether oxygens (including phenoxy) is 1. The van der Waals surface area contributed by atoms with Crippen molar-refractivity contribution in [3.63, 3.8) is 0 Å². The van der Waals surface area contributed by atoms with Gasteiger partial charge in [0.2, 0.25) is 0 Å². The molecule has 0 aliphatic carbocycles. The number of halogens is 2. The first-order valence-electron chi connectivity index (χ1n) is 10.8. The molecule has 0 spiro atoms. The fraction of sp³-hybridized carbons (Fsp3) is 0.636. The zero-order valence-corrected chi connectivity index (χ0v) is 19.2. The molecule has 32 heavy (non-hydrogen) atoms. The second-order valence-corrected chi connectivity index (χ2v) is 9.28. The normalized spacial score (nSPS) is 18.6. The van der Waals surface area contributed by atoms with Crippen molar-refractivity contribution in [2.45, 2.75) is 65.1 Å². The first-order chi connectivity index (χ1) is 14.9. The molecule has 2 aromatic heterocycles. The fourth-order valence-electron chi connectivity index (χ4n) is 4.07. The van der Waals surface area contributed by atoms with Gasteiger partial charge < -0.3 is 14.7 Å². The smallest absolute Gasteiger partial charge is 0.306 e. The first kappa shape index (κ1) is 24.0. The number of piperidine rings is 1. The third-order valence-electron chi connectivity index (χ3n) is 5.32. The van der Waals surface area contributed by atoms with Crippen LogP contribution in [0.5, 0.6) is 0 Å². The van der Waals surface area contributed by atoms with Crippen LogP contribution in [0.1, 0.15) is 51.9 Å². The molecule has 0 aromatic carbocycles. The van der Waals surface area contributed by atoms with Gasteiger partial charge in [-0.25, -0.2) is 18.4 Å². The number of pyridine rings is 1.